The number of thiazole rings is 1. The largest absolute Gasteiger partial charge is 0.494 e. The molecule has 0 saturated carbocycles. The zero-order valence-electron chi connectivity index (χ0n) is 47.2. The summed E-state index contributed by atoms with van der Waals surface area (Å²) < 4.78 is 30.0. The molecule has 2 aromatic carbocycles. The number of aliphatic hydroxyl groups is 1. The number of aliphatic hydroxyl groups excluding tert-OH is 1. The second kappa shape index (κ2) is 27.6. The lowest BCUT2D eigenvalue weighted by atomic mass is 9.85. The van der Waals surface area contributed by atoms with E-state index in [0.717, 1.165) is 64.7 Å². The van der Waals surface area contributed by atoms with Gasteiger partial charge in [-0.25, -0.2) is 15.0 Å². The lowest BCUT2D eigenvalue weighted by Gasteiger charge is -2.35. The number of hydrogen-bond acceptors (Lipinski definition) is 19. The number of primary amides is 1. The van der Waals surface area contributed by atoms with Crippen LogP contribution in [0.3, 0.4) is 0 Å². The third-order valence-electron chi connectivity index (χ3n) is 14.3. The van der Waals surface area contributed by atoms with Crippen LogP contribution in [-0.4, -0.2) is 194 Å². The van der Waals surface area contributed by atoms with E-state index in [4.69, 9.17) is 34.4 Å². The monoisotopic (exact) mass is 1140 g/mol. The summed E-state index contributed by atoms with van der Waals surface area (Å²) in [6.07, 6.45) is 2.16. The number of amides is 5. The maximum Gasteiger partial charge on any atom is 0.269 e. The zero-order valence-corrected chi connectivity index (χ0v) is 48.0. The molecule has 0 radical (unpaired) electrons. The Morgan fingerprint density at radius 1 is 0.889 bits per heavy atom. The summed E-state index contributed by atoms with van der Waals surface area (Å²) in [6.45, 7) is 12.4. The van der Waals surface area contributed by atoms with Crippen molar-refractivity contribution >= 4 is 58.2 Å². The normalized spacial score (nSPS) is 16.6. The Bertz CT molecular complexity index is 3010. The summed E-state index contributed by atoms with van der Waals surface area (Å²) in [6, 6.07) is 9.70. The molecule has 0 spiro atoms. The quantitative estimate of drug-likeness (QED) is 0.0434. The van der Waals surface area contributed by atoms with Crippen molar-refractivity contribution < 1.29 is 52.8 Å². The Morgan fingerprint density at radius 3 is 2.23 bits per heavy atom. The number of aromatic nitrogens is 5. The van der Waals surface area contributed by atoms with Gasteiger partial charge in [-0.1, -0.05) is 45.0 Å². The minimum atomic E-state index is -0.991. The van der Waals surface area contributed by atoms with Crippen molar-refractivity contribution in [1.82, 2.24) is 50.5 Å². The summed E-state index contributed by atoms with van der Waals surface area (Å²) in [5.74, 6) is -1.71. The van der Waals surface area contributed by atoms with Crippen LogP contribution in [0.1, 0.15) is 70.4 Å². The number of anilines is 3. The summed E-state index contributed by atoms with van der Waals surface area (Å²) >= 11 is 1.56. The van der Waals surface area contributed by atoms with E-state index in [0.29, 0.717) is 47.8 Å². The van der Waals surface area contributed by atoms with Crippen molar-refractivity contribution in [1.29, 1.82) is 0 Å². The number of likely N-dealkylation sites (tertiary alicyclic amines) is 1. The predicted octanol–water partition coefficient (Wildman–Crippen LogP) is 2.62. The number of carbonyl (C=O) groups excluding carboxylic acids is 5. The van der Waals surface area contributed by atoms with Gasteiger partial charge in [0.2, 0.25) is 23.7 Å². The highest BCUT2D eigenvalue weighted by Crippen LogP contribution is 2.38. The van der Waals surface area contributed by atoms with E-state index in [1.54, 1.807) is 34.8 Å². The first kappa shape index (κ1) is 60.0. The Hall–Kier alpha value is -7.13. The molecule has 3 aromatic heterocycles. The molecule has 2 saturated heterocycles. The number of rotatable bonds is 26. The van der Waals surface area contributed by atoms with Gasteiger partial charge in [0.05, 0.1) is 98.2 Å². The first-order valence-electron chi connectivity index (χ1n) is 27.2. The van der Waals surface area contributed by atoms with Crippen LogP contribution in [-0.2, 0) is 59.8 Å². The third kappa shape index (κ3) is 15.3. The molecular weight excluding hydrogens is 1060 g/mol. The number of aryl methyl sites for hydroxylation is 3. The molecule has 5 amide bonds. The van der Waals surface area contributed by atoms with Crippen molar-refractivity contribution in [2.45, 2.75) is 71.7 Å². The van der Waals surface area contributed by atoms with Crippen molar-refractivity contribution in [2.24, 2.45) is 18.2 Å². The average Bonchev–Trinajstić information content (AvgIpc) is 4.34. The van der Waals surface area contributed by atoms with E-state index in [2.05, 4.69) is 53.2 Å². The maximum absolute atomic E-state index is 14.0. The van der Waals surface area contributed by atoms with E-state index >= 15 is 0 Å². The number of carbonyl (C=O) groups is 5. The second-order valence-corrected chi connectivity index (χ2v) is 22.2. The second-order valence-electron chi connectivity index (χ2n) is 21.3. The number of fused-ring (bicyclic) bond motifs is 3. The van der Waals surface area contributed by atoms with Gasteiger partial charge in [0, 0.05) is 76.7 Å². The molecule has 3 atom stereocenters. The van der Waals surface area contributed by atoms with Crippen LogP contribution in [0.2, 0.25) is 0 Å². The van der Waals surface area contributed by atoms with Crippen LogP contribution < -0.4 is 36.6 Å². The average molecular weight is 1140 g/mol. The summed E-state index contributed by atoms with van der Waals surface area (Å²) in [4.78, 5) is 87.3. The number of ether oxygens (including phenoxy) is 5. The highest BCUT2D eigenvalue weighted by atomic mass is 32.1. The van der Waals surface area contributed by atoms with E-state index in [1.165, 1.54) is 12.0 Å². The van der Waals surface area contributed by atoms with Crippen LogP contribution in [0.15, 0.2) is 48.1 Å². The van der Waals surface area contributed by atoms with Gasteiger partial charge in [-0.2, -0.15) is 5.10 Å². The Morgan fingerprint density at radius 2 is 1.58 bits per heavy atom. The van der Waals surface area contributed by atoms with E-state index in [1.807, 2.05) is 64.1 Å². The summed E-state index contributed by atoms with van der Waals surface area (Å²) in [5.41, 5.74) is 14.5. The molecule has 24 nitrogen and oxygen atoms in total. The molecule has 5 heterocycles. The highest BCUT2D eigenvalue weighted by molar-refractivity contribution is 7.13. The van der Waals surface area contributed by atoms with Crippen LogP contribution in [0.25, 0.3) is 21.8 Å². The van der Waals surface area contributed by atoms with Gasteiger partial charge in [-0.3, -0.25) is 28.7 Å². The van der Waals surface area contributed by atoms with E-state index in [-0.39, 0.29) is 95.8 Å². The molecule has 2 aliphatic heterocycles. The lowest BCUT2D eigenvalue weighted by Crippen LogP contribution is -2.58. The summed E-state index contributed by atoms with van der Waals surface area (Å²) in [5, 5.41) is 26.9. The SMILES string of the molecule is COc1c(Nc2ncc3c(n2)-c2c(c(C(N)=O)nn2C)CC3)cc(N2CCN(C)CC2)cc1C(=O)NCCOCCOCCOCCOCC(=O)N[C@H](C(=O)N1C[C@H](O)C[C@H]1C(=O)NCc1ccc(-c2scnc2C)cc1)C(C)(C)C. The third-order valence-corrected chi connectivity index (χ3v) is 15.3. The number of likely N-dealkylation sites (N-methyl/N-ethyl adjacent to an activating group) is 1. The molecule has 25 heteroatoms. The van der Waals surface area contributed by atoms with Crippen molar-refractivity contribution in [2.75, 3.05) is 116 Å². The van der Waals surface area contributed by atoms with E-state index in [9.17, 15) is 29.1 Å². The van der Waals surface area contributed by atoms with Gasteiger partial charge in [0.15, 0.2) is 11.4 Å². The first-order chi connectivity index (χ1) is 38.9. The van der Waals surface area contributed by atoms with Crippen molar-refractivity contribution in [3.8, 4) is 27.6 Å². The number of methoxy groups -OCH3 is 1. The predicted molar refractivity (Wildman–Crippen MR) is 303 cm³/mol. The number of piperazine rings is 1. The van der Waals surface area contributed by atoms with Gasteiger partial charge >= 0.3 is 0 Å². The maximum atomic E-state index is 14.0. The molecule has 81 heavy (non-hydrogen) atoms. The number of β-amino-alcohol motifs (C(OH)–C–C–N with tert-alkyl or cyclic N) is 1. The first-order valence-corrected chi connectivity index (χ1v) is 28.1. The van der Waals surface area contributed by atoms with E-state index < -0.39 is 41.3 Å². The van der Waals surface area contributed by atoms with Crippen molar-refractivity contribution in [3.05, 3.63) is 81.7 Å². The van der Waals surface area contributed by atoms with Crippen molar-refractivity contribution in [3.63, 3.8) is 0 Å². The number of nitrogens with zero attached hydrogens (tertiary/aromatic N) is 8. The Kier molecular flexibility index (Phi) is 20.4. The molecule has 8 rings (SSSR count). The Balaban J connectivity index is 0.724. The standard InChI is InChI=1S/C56H75N13O11S/c1-34-49(81-33-61-34)36-10-8-35(9-11-36)29-59-53(74)43-28-39(70)31-69(43)54(75)50(56(2,3)4)63-44(71)32-80-25-24-79-23-22-78-21-20-77-19-14-58-52(73)41-26-38(68-17-15-66(5)16-18-68)27-42(48(41)76-7)62-55-60-30-37-12-13-40-46(51(57)72)65-67(6)47(40)45(37)64-55/h8-11,26-27,30,33,39,43,50,70H,12-25,28-29,31-32H2,1-7H3,(H2,57,72)(H,58,73)(H,59,74)(H,63,71)(H,60,62,64)/t39-,43+,50-/m1/s1. The molecule has 436 valence electrons. The molecule has 0 unspecified atom stereocenters. The highest BCUT2D eigenvalue weighted by Gasteiger charge is 2.44. The molecule has 2 fully saturated rings. The van der Waals surface area contributed by atoms with Gasteiger partial charge in [-0.05, 0) is 61.1 Å². The fourth-order valence-corrected chi connectivity index (χ4v) is 10.8. The van der Waals surface area contributed by atoms with Gasteiger partial charge in [0.25, 0.3) is 11.8 Å². The fourth-order valence-electron chi connectivity index (χ4n) is 10.0. The molecule has 0 bridgehead atoms. The Labute approximate surface area is 475 Å². The topological polar surface area (TPSA) is 292 Å². The van der Waals surface area contributed by atoms with Crippen LogP contribution in [0.4, 0.5) is 17.3 Å². The van der Waals surface area contributed by atoms with Gasteiger partial charge < -0.3 is 70.5 Å². The van der Waals surface area contributed by atoms with Crippen LogP contribution in [0, 0.1) is 12.3 Å². The minimum Gasteiger partial charge on any atom is -0.494 e. The van der Waals surface area contributed by atoms with Crippen LogP contribution >= 0.6 is 11.3 Å². The van der Waals surface area contributed by atoms with Crippen LogP contribution in [0.5, 0.6) is 5.75 Å². The minimum absolute atomic E-state index is 0.0345. The number of hydrogen-bond donors (Lipinski definition) is 6. The molecule has 3 aliphatic rings. The van der Waals surface area contributed by atoms with Gasteiger partial charge in [0.1, 0.15) is 18.7 Å². The molecule has 7 N–H and O–H groups in total. The smallest absolute Gasteiger partial charge is 0.269 e. The lowest BCUT2D eigenvalue weighted by molar-refractivity contribution is -0.144. The summed E-state index contributed by atoms with van der Waals surface area (Å²) in [7, 11) is 5.34. The molecular formula is C56H75N13O11S. The van der Waals surface area contributed by atoms with Gasteiger partial charge in [-0.15, -0.1) is 11.3 Å². The molecule has 1 aliphatic carbocycles. The number of benzene rings is 2. The fraction of sp³-hybridized carbons (Fsp3) is 0.518. The molecule has 5 aromatic rings. The number of nitrogens with two attached hydrogens (primary N) is 1. The number of nitrogens with one attached hydrogen (secondary N) is 4. The zero-order chi connectivity index (χ0) is 57.8.